The summed E-state index contributed by atoms with van der Waals surface area (Å²) in [6, 6.07) is 13.7. The van der Waals surface area contributed by atoms with Crippen LogP contribution in [-0.4, -0.2) is 21.0 Å². The standard InChI is InChI=1S/C34H46N2O2/c1-4-6-7-8-9-10-11-12-13-14-15-28-24-35-33(36-25-28)30-20-21-31(34(37)38)32(23-30)29-18-16-27(17-19-29)22-26(3)5-2/h16-21,23-26H,4-15,22H2,1-3H3,(H,37,38). The van der Waals surface area contributed by atoms with E-state index in [0.29, 0.717) is 22.9 Å². The zero-order valence-electron chi connectivity index (χ0n) is 23.7. The van der Waals surface area contributed by atoms with Gasteiger partial charge in [-0.15, -0.1) is 0 Å². The lowest BCUT2D eigenvalue weighted by Gasteiger charge is -2.12. The van der Waals surface area contributed by atoms with Crippen molar-refractivity contribution in [3.63, 3.8) is 0 Å². The number of aromatic carboxylic acids is 1. The first kappa shape index (κ1) is 29.5. The highest BCUT2D eigenvalue weighted by molar-refractivity contribution is 5.97. The molecule has 0 aliphatic carbocycles. The number of hydrogen-bond acceptors (Lipinski definition) is 3. The quantitative estimate of drug-likeness (QED) is 0.182. The largest absolute Gasteiger partial charge is 0.478 e. The molecule has 1 unspecified atom stereocenters. The van der Waals surface area contributed by atoms with E-state index in [1.54, 1.807) is 6.07 Å². The van der Waals surface area contributed by atoms with E-state index in [4.69, 9.17) is 0 Å². The number of unbranched alkanes of at least 4 members (excludes halogenated alkanes) is 9. The molecule has 0 aliphatic rings. The minimum absolute atomic E-state index is 0.293. The Balaban J connectivity index is 1.57. The van der Waals surface area contributed by atoms with Crippen molar-refractivity contribution in [2.24, 2.45) is 5.92 Å². The van der Waals surface area contributed by atoms with Gasteiger partial charge in [-0.1, -0.05) is 115 Å². The number of benzene rings is 2. The zero-order chi connectivity index (χ0) is 27.2. The summed E-state index contributed by atoms with van der Waals surface area (Å²) in [6.07, 6.45) is 20.3. The summed E-state index contributed by atoms with van der Waals surface area (Å²) in [6.45, 7) is 6.72. The maximum absolute atomic E-state index is 11.9. The highest BCUT2D eigenvalue weighted by Crippen LogP contribution is 2.29. The second kappa shape index (κ2) is 16.1. The molecule has 3 aromatic rings. The number of aryl methyl sites for hydroxylation is 1. The molecular weight excluding hydrogens is 468 g/mol. The number of aromatic nitrogens is 2. The molecule has 4 nitrogen and oxygen atoms in total. The Morgan fingerprint density at radius 1 is 0.763 bits per heavy atom. The molecule has 0 spiro atoms. The van der Waals surface area contributed by atoms with Crippen molar-refractivity contribution >= 4 is 5.97 Å². The van der Waals surface area contributed by atoms with Crippen LogP contribution in [0.4, 0.5) is 0 Å². The summed E-state index contributed by atoms with van der Waals surface area (Å²) in [5.41, 5.74) is 5.16. The van der Waals surface area contributed by atoms with Crippen molar-refractivity contribution in [2.75, 3.05) is 0 Å². The van der Waals surface area contributed by atoms with Crippen LogP contribution in [0.2, 0.25) is 0 Å². The SMILES string of the molecule is CCCCCCCCCCCCc1cnc(-c2ccc(C(=O)O)c(-c3ccc(CC(C)CC)cc3)c2)nc1. The molecule has 1 aromatic heterocycles. The van der Waals surface area contributed by atoms with E-state index in [1.165, 1.54) is 69.8 Å². The molecule has 0 amide bonds. The number of carboxylic acid groups (broad SMARTS) is 1. The number of carboxylic acids is 1. The number of nitrogens with zero attached hydrogens (tertiary/aromatic N) is 2. The van der Waals surface area contributed by atoms with Crippen LogP contribution < -0.4 is 0 Å². The summed E-state index contributed by atoms with van der Waals surface area (Å²) in [4.78, 5) is 21.2. The van der Waals surface area contributed by atoms with Gasteiger partial charge in [0.15, 0.2) is 5.82 Å². The topological polar surface area (TPSA) is 63.1 Å². The molecule has 204 valence electrons. The zero-order valence-corrected chi connectivity index (χ0v) is 23.7. The van der Waals surface area contributed by atoms with E-state index < -0.39 is 5.97 Å². The van der Waals surface area contributed by atoms with Gasteiger partial charge in [-0.2, -0.15) is 0 Å². The minimum atomic E-state index is -0.928. The third kappa shape index (κ3) is 9.38. The number of rotatable bonds is 17. The highest BCUT2D eigenvalue weighted by atomic mass is 16.4. The van der Waals surface area contributed by atoms with E-state index in [9.17, 15) is 9.90 Å². The van der Waals surface area contributed by atoms with Crippen molar-refractivity contribution in [2.45, 2.75) is 104 Å². The predicted octanol–water partition coefficient (Wildman–Crippen LogP) is 9.56. The fourth-order valence-electron chi connectivity index (χ4n) is 4.93. The van der Waals surface area contributed by atoms with Gasteiger partial charge in [0.25, 0.3) is 0 Å². The van der Waals surface area contributed by atoms with Gasteiger partial charge in [-0.3, -0.25) is 0 Å². The Bertz CT molecular complexity index is 1110. The van der Waals surface area contributed by atoms with E-state index in [2.05, 4.69) is 42.9 Å². The lowest BCUT2D eigenvalue weighted by molar-refractivity contribution is 0.0697. The summed E-state index contributed by atoms with van der Waals surface area (Å²) in [5, 5.41) is 9.79. The van der Waals surface area contributed by atoms with E-state index in [1.807, 2.05) is 36.7 Å². The third-order valence-electron chi connectivity index (χ3n) is 7.58. The molecule has 3 rings (SSSR count). The van der Waals surface area contributed by atoms with Crippen molar-refractivity contribution < 1.29 is 9.90 Å². The van der Waals surface area contributed by atoms with E-state index in [-0.39, 0.29) is 0 Å². The fourth-order valence-corrected chi connectivity index (χ4v) is 4.93. The van der Waals surface area contributed by atoms with Crippen LogP contribution in [0.3, 0.4) is 0 Å². The molecule has 0 radical (unpaired) electrons. The first-order valence-electron chi connectivity index (χ1n) is 14.8. The normalized spacial score (nSPS) is 12.0. The van der Waals surface area contributed by atoms with Gasteiger partial charge in [0.1, 0.15) is 0 Å². The Kier molecular flexibility index (Phi) is 12.5. The second-order valence-electron chi connectivity index (χ2n) is 10.8. The molecule has 0 aliphatic heterocycles. The van der Waals surface area contributed by atoms with E-state index in [0.717, 1.165) is 36.0 Å². The van der Waals surface area contributed by atoms with Crippen LogP contribution in [0.25, 0.3) is 22.5 Å². The highest BCUT2D eigenvalue weighted by Gasteiger charge is 2.15. The Morgan fingerprint density at radius 2 is 1.34 bits per heavy atom. The van der Waals surface area contributed by atoms with Crippen LogP contribution in [0, 0.1) is 5.92 Å². The molecule has 38 heavy (non-hydrogen) atoms. The third-order valence-corrected chi connectivity index (χ3v) is 7.58. The second-order valence-corrected chi connectivity index (χ2v) is 10.8. The molecule has 0 saturated heterocycles. The average Bonchev–Trinajstić information content (AvgIpc) is 2.94. The summed E-state index contributed by atoms with van der Waals surface area (Å²) in [5.74, 6) is 0.329. The van der Waals surface area contributed by atoms with Gasteiger partial charge < -0.3 is 5.11 Å². The van der Waals surface area contributed by atoms with Gasteiger partial charge >= 0.3 is 5.97 Å². The molecule has 0 fully saturated rings. The lowest BCUT2D eigenvalue weighted by Crippen LogP contribution is -2.01. The van der Waals surface area contributed by atoms with Crippen LogP contribution in [-0.2, 0) is 12.8 Å². The lowest BCUT2D eigenvalue weighted by atomic mass is 9.94. The Morgan fingerprint density at radius 3 is 1.92 bits per heavy atom. The number of carbonyl (C=O) groups is 1. The fraction of sp³-hybridized carbons (Fsp3) is 0.500. The van der Waals surface area contributed by atoms with Gasteiger partial charge in [0.05, 0.1) is 5.56 Å². The molecule has 1 N–H and O–H groups in total. The monoisotopic (exact) mass is 514 g/mol. The van der Waals surface area contributed by atoms with Crippen LogP contribution in [0.1, 0.15) is 113 Å². The van der Waals surface area contributed by atoms with Crippen molar-refractivity contribution in [3.8, 4) is 22.5 Å². The van der Waals surface area contributed by atoms with Gasteiger partial charge in [-0.25, -0.2) is 14.8 Å². The maximum atomic E-state index is 11.9. The smallest absolute Gasteiger partial charge is 0.336 e. The number of hydrogen-bond donors (Lipinski definition) is 1. The minimum Gasteiger partial charge on any atom is -0.478 e. The molecule has 0 saturated carbocycles. The summed E-state index contributed by atoms with van der Waals surface area (Å²) >= 11 is 0. The van der Waals surface area contributed by atoms with Crippen molar-refractivity contribution in [1.82, 2.24) is 9.97 Å². The first-order valence-corrected chi connectivity index (χ1v) is 14.8. The molecular formula is C34H46N2O2. The van der Waals surface area contributed by atoms with Crippen LogP contribution >= 0.6 is 0 Å². The predicted molar refractivity (Wildman–Crippen MR) is 159 cm³/mol. The average molecular weight is 515 g/mol. The van der Waals surface area contributed by atoms with Gasteiger partial charge in [0, 0.05) is 18.0 Å². The molecule has 1 atom stereocenters. The first-order chi connectivity index (χ1) is 18.5. The van der Waals surface area contributed by atoms with Crippen molar-refractivity contribution in [3.05, 3.63) is 71.5 Å². The van der Waals surface area contributed by atoms with Crippen LogP contribution in [0.15, 0.2) is 54.9 Å². The maximum Gasteiger partial charge on any atom is 0.336 e. The van der Waals surface area contributed by atoms with Gasteiger partial charge in [0.2, 0.25) is 0 Å². The summed E-state index contributed by atoms with van der Waals surface area (Å²) in [7, 11) is 0. The molecule has 0 bridgehead atoms. The van der Waals surface area contributed by atoms with Gasteiger partial charge in [-0.05, 0) is 59.6 Å². The summed E-state index contributed by atoms with van der Waals surface area (Å²) < 4.78 is 0. The van der Waals surface area contributed by atoms with Crippen LogP contribution in [0.5, 0.6) is 0 Å². The molecule has 4 heteroatoms. The van der Waals surface area contributed by atoms with Crippen molar-refractivity contribution in [1.29, 1.82) is 0 Å². The Hall–Kier alpha value is -3.01. The van der Waals surface area contributed by atoms with E-state index >= 15 is 0 Å². The molecule has 2 aromatic carbocycles. The Labute approximate surface area is 230 Å². The molecule has 1 heterocycles.